The van der Waals surface area contributed by atoms with Crippen LogP contribution in [0.1, 0.15) is 21.5 Å². The number of halogens is 4. The summed E-state index contributed by atoms with van der Waals surface area (Å²) in [5.74, 6) is -1.38. The summed E-state index contributed by atoms with van der Waals surface area (Å²) in [4.78, 5) is 12.3. The monoisotopic (exact) mass is 477 g/mol. The minimum Gasteiger partial charge on any atom is -0.298 e. The maximum Gasteiger partial charge on any atom is 0.419 e. The van der Waals surface area contributed by atoms with Crippen LogP contribution < -0.4 is 4.31 Å². The second-order valence-electron chi connectivity index (χ2n) is 6.85. The van der Waals surface area contributed by atoms with Crippen molar-refractivity contribution >= 4 is 43.7 Å². The van der Waals surface area contributed by atoms with Crippen LogP contribution in [0.4, 0.5) is 22.6 Å². The summed E-state index contributed by atoms with van der Waals surface area (Å²) in [7, 11) is -1.83. The topological polar surface area (TPSA) is 37.4 Å². The van der Waals surface area contributed by atoms with Gasteiger partial charge < -0.3 is 0 Å². The SMILES string of the molecule is O=Cc1c(N(Cc2ccc(F)c(C(F)(F)F)c2)S(=O)c2ccccc2)sc2ccccc12. The lowest BCUT2D eigenvalue weighted by atomic mass is 10.1. The van der Waals surface area contributed by atoms with E-state index >= 15 is 0 Å². The highest BCUT2D eigenvalue weighted by atomic mass is 32.2. The molecular formula is C23H15F4NO2S2. The van der Waals surface area contributed by atoms with Crippen molar-refractivity contribution in [3.05, 3.63) is 95.3 Å². The maximum absolute atomic E-state index is 13.8. The quantitative estimate of drug-likeness (QED) is 0.232. The fraction of sp³-hybridized carbons (Fsp3) is 0.0870. The van der Waals surface area contributed by atoms with Crippen LogP contribution in [0.25, 0.3) is 10.1 Å². The first kappa shape index (κ1) is 22.2. The highest BCUT2D eigenvalue weighted by molar-refractivity contribution is 7.86. The molecule has 0 fully saturated rings. The van der Waals surface area contributed by atoms with Crippen LogP contribution >= 0.6 is 11.3 Å². The van der Waals surface area contributed by atoms with Crippen molar-refractivity contribution in [2.24, 2.45) is 0 Å². The molecule has 0 aliphatic heterocycles. The standard InChI is InChI=1S/C23H15F4NO2S2/c24-20-11-10-15(12-19(20)23(25,26)27)13-28(32(30)16-6-2-1-3-7-16)22-18(14-29)17-8-4-5-9-21(17)31-22/h1-12,14H,13H2. The smallest absolute Gasteiger partial charge is 0.298 e. The summed E-state index contributed by atoms with van der Waals surface area (Å²) >= 11 is 1.22. The predicted molar refractivity (Wildman–Crippen MR) is 118 cm³/mol. The second kappa shape index (κ2) is 8.84. The Balaban J connectivity index is 1.85. The number of alkyl halides is 3. The van der Waals surface area contributed by atoms with Crippen LogP contribution in [0.5, 0.6) is 0 Å². The molecule has 4 aromatic rings. The number of nitrogens with zero attached hydrogens (tertiary/aromatic N) is 1. The Morgan fingerprint density at radius 2 is 1.66 bits per heavy atom. The van der Waals surface area contributed by atoms with Crippen molar-refractivity contribution in [1.82, 2.24) is 0 Å². The molecule has 0 radical (unpaired) electrons. The van der Waals surface area contributed by atoms with Crippen LogP contribution in [-0.4, -0.2) is 10.5 Å². The third-order valence-corrected chi connectivity index (χ3v) is 7.48. The highest BCUT2D eigenvalue weighted by Gasteiger charge is 2.34. The van der Waals surface area contributed by atoms with Gasteiger partial charge in [0.25, 0.3) is 0 Å². The molecule has 0 N–H and O–H groups in total. The molecule has 0 spiro atoms. The number of thiophene rings is 1. The average Bonchev–Trinajstić information content (AvgIpc) is 3.16. The summed E-state index contributed by atoms with van der Waals surface area (Å²) in [5, 5.41) is 1.02. The molecule has 32 heavy (non-hydrogen) atoms. The van der Waals surface area contributed by atoms with Crippen LogP contribution in [0.2, 0.25) is 0 Å². The number of carbonyl (C=O) groups excluding carboxylic acids is 1. The molecule has 3 aromatic carbocycles. The molecule has 3 nitrogen and oxygen atoms in total. The first-order valence-electron chi connectivity index (χ1n) is 9.36. The van der Waals surface area contributed by atoms with Gasteiger partial charge in [0.15, 0.2) is 17.3 Å². The Hall–Kier alpha value is -3.04. The first-order chi connectivity index (χ1) is 15.3. The molecule has 1 heterocycles. The van der Waals surface area contributed by atoms with Gasteiger partial charge >= 0.3 is 6.18 Å². The lowest BCUT2D eigenvalue weighted by Crippen LogP contribution is -2.25. The number of fused-ring (bicyclic) bond motifs is 1. The predicted octanol–water partition coefficient (Wildman–Crippen LogP) is 6.60. The molecule has 1 aromatic heterocycles. The van der Waals surface area contributed by atoms with Crippen LogP contribution in [0, 0.1) is 5.82 Å². The normalized spacial score (nSPS) is 12.6. The molecule has 0 aliphatic carbocycles. The third kappa shape index (κ3) is 4.31. The van der Waals surface area contributed by atoms with E-state index in [-0.39, 0.29) is 12.1 Å². The number of hydrogen-bond donors (Lipinski definition) is 0. The average molecular weight is 478 g/mol. The van der Waals surface area contributed by atoms with Gasteiger partial charge in [-0.05, 0) is 35.9 Å². The lowest BCUT2D eigenvalue weighted by Gasteiger charge is -2.23. The molecule has 9 heteroatoms. The number of carbonyl (C=O) groups is 1. The Morgan fingerprint density at radius 1 is 0.969 bits per heavy atom. The van der Waals surface area contributed by atoms with Gasteiger partial charge in [-0.3, -0.25) is 9.10 Å². The Labute approximate surface area is 187 Å². The van der Waals surface area contributed by atoms with E-state index < -0.39 is 28.5 Å². The van der Waals surface area contributed by atoms with Gasteiger partial charge in [0.05, 0.1) is 22.6 Å². The maximum atomic E-state index is 13.8. The molecule has 164 valence electrons. The number of aldehydes is 1. The van der Waals surface area contributed by atoms with E-state index in [9.17, 15) is 26.6 Å². The van der Waals surface area contributed by atoms with E-state index in [1.807, 2.05) is 0 Å². The van der Waals surface area contributed by atoms with Gasteiger partial charge in [0, 0.05) is 10.1 Å². The number of benzene rings is 3. The van der Waals surface area contributed by atoms with Crippen LogP contribution in [0.15, 0.2) is 77.7 Å². The van der Waals surface area contributed by atoms with E-state index in [1.54, 1.807) is 54.6 Å². The molecule has 4 rings (SSSR count). The Morgan fingerprint density at radius 3 is 2.34 bits per heavy atom. The molecule has 0 amide bonds. The summed E-state index contributed by atoms with van der Waals surface area (Å²) in [5.41, 5.74) is -0.988. The fourth-order valence-corrected chi connectivity index (χ4v) is 5.83. The fourth-order valence-electron chi connectivity index (χ4n) is 3.28. The summed E-state index contributed by atoms with van der Waals surface area (Å²) in [6.45, 7) is -0.224. The van der Waals surface area contributed by atoms with Crippen molar-refractivity contribution in [3.8, 4) is 0 Å². The van der Waals surface area contributed by atoms with Gasteiger partial charge in [-0.15, -0.1) is 11.3 Å². The van der Waals surface area contributed by atoms with E-state index in [2.05, 4.69) is 0 Å². The van der Waals surface area contributed by atoms with Crippen molar-refractivity contribution in [3.63, 3.8) is 0 Å². The number of hydrogen-bond acceptors (Lipinski definition) is 3. The summed E-state index contributed by atoms with van der Waals surface area (Å²) < 4.78 is 69.0. The minimum absolute atomic E-state index is 0.109. The van der Waals surface area contributed by atoms with E-state index in [0.29, 0.717) is 33.2 Å². The summed E-state index contributed by atoms with van der Waals surface area (Å²) in [6, 6.07) is 18.2. The number of anilines is 1. The van der Waals surface area contributed by atoms with Gasteiger partial charge in [-0.25, -0.2) is 8.60 Å². The highest BCUT2D eigenvalue weighted by Crippen LogP contribution is 2.40. The second-order valence-corrected chi connectivity index (χ2v) is 9.29. The molecule has 0 saturated heterocycles. The third-order valence-electron chi connectivity index (χ3n) is 4.77. The number of rotatable bonds is 6. The molecule has 0 bridgehead atoms. The van der Waals surface area contributed by atoms with Gasteiger partial charge in [-0.2, -0.15) is 13.2 Å². The van der Waals surface area contributed by atoms with Crippen LogP contribution in [-0.2, 0) is 23.7 Å². The van der Waals surface area contributed by atoms with Crippen molar-refractivity contribution in [1.29, 1.82) is 0 Å². The zero-order chi connectivity index (χ0) is 22.9. The largest absolute Gasteiger partial charge is 0.419 e. The zero-order valence-electron chi connectivity index (χ0n) is 16.3. The Kier molecular flexibility index (Phi) is 6.12. The first-order valence-corrected chi connectivity index (χ1v) is 11.3. The van der Waals surface area contributed by atoms with Gasteiger partial charge in [0.1, 0.15) is 10.8 Å². The minimum atomic E-state index is -4.87. The molecular weight excluding hydrogens is 462 g/mol. The molecule has 1 unspecified atom stereocenters. The van der Waals surface area contributed by atoms with Crippen molar-refractivity contribution < 1.29 is 26.6 Å². The van der Waals surface area contributed by atoms with Crippen LogP contribution in [0.3, 0.4) is 0 Å². The lowest BCUT2D eigenvalue weighted by molar-refractivity contribution is -0.140. The molecule has 0 saturated carbocycles. The molecule has 0 aliphatic rings. The van der Waals surface area contributed by atoms with Gasteiger partial charge in [0.2, 0.25) is 0 Å². The van der Waals surface area contributed by atoms with E-state index in [0.717, 1.165) is 10.8 Å². The Bertz CT molecular complexity index is 1300. The summed E-state index contributed by atoms with van der Waals surface area (Å²) in [6.07, 6.45) is -4.22. The van der Waals surface area contributed by atoms with Gasteiger partial charge in [-0.1, -0.05) is 42.5 Å². The zero-order valence-corrected chi connectivity index (χ0v) is 17.9. The van der Waals surface area contributed by atoms with E-state index in [4.69, 9.17) is 0 Å². The molecule has 1 atom stereocenters. The van der Waals surface area contributed by atoms with E-state index in [1.165, 1.54) is 21.7 Å². The van der Waals surface area contributed by atoms with Crippen molar-refractivity contribution in [2.45, 2.75) is 17.6 Å². The van der Waals surface area contributed by atoms with Crippen molar-refractivity contribution in [2.75, 3.05) is 4.31 Å².